The minimum atomic E-state index is -0.292. The van der Waals surface area contributed by atoms with Gasteiger partial charge in [-0.2, -0.15) is 9.97 Å². The number of nitrogens with zero attached hydrogens (tertiary/aromatic N) is 5. The van der Waals surface area contributed by atoms with Crippen LogP contribution >= 0.6 is 12.4 Å². The lowest BCUT2D eigenvalue weighted by Gasteiger charge is -2.30. The van der Waals surface area contributed by atoms with Crippen LogP contribution in [0, 0.1) is 12.7 Å². The third-order valence-corrected chi connectivity index (χ3v) is 4.74. The first kappa shape index (κ1) is 20.4. The van der Waals surface area contributed by atoms with E-state index in [1.807, 2.05) is 0 Å². The second-order valence-electron chi connectivity index (χ2n) is 6.72. The Hall–Kier alpha value is -2.36. The fourth-order valence-electron chi connectivity index (χ4n) is 3.02. The van der Waals surface area contributed by atoms with Crippen LogP contribution in [0.1, 0.15) is 29.2 Å². The second kappa shape index (κ2) is 8.76. The topological polar surface area (TPSA) is 93.1 Å². The number of nitrogens with one attached hydrogen (secondary N) is 1. The van der Waals surface area contributed by atoms with Crippen molar-refractivity contribution >= 4 is 12.4 Å². The highest BCUT2D eigenvalue weighted by Crippen LogP contribution is 2.20. The van der Waals surface area contributed by atoms with Gasteiger partial charge in [0.05, 0.1) is 6.04 Å². The van der Waals surface area contributed by atoms with Gasteiger partial charge in [-0.1, -0.05) is 22.4 Å². The summed E-state index contributed by atoms with van der Waals surface area (Å²) in [4.78, 5) is 11.0. The molecule has 3 aromatic rings. The molecular formula is C18H22ClFN6O2. The Balaban J connectivity index is 0.00000225. The van der Waals surface area contributed by atoms with Crippen molar-refractivity contribution < 1.29 is 13.4 Å². The van der Waals surface area contributed by atoms with E-state index >= 15 is 0 Å². The molecule has 0 bridgehead atoms. The van der Waals surface area contributed by atoms with Crippen LogP contribution in [-0.2, 0) is 12.8 Å². The van der Waals surface area contributed by atoms with E-state index in [1.54, 1.807) is 19.1 Å². The normalized spacial score (nSPS) is 17.5. The van der Waals surface area contributed by atoms with Gasteiger partial charge in [0.2, 0.25) is 17.6 Å². The first-order chi connectivity index (χ1) is 13.1. The smallest absolute Gasteiger partial charge is 0.227 e. The van der Waals surface area contributed by atoms with E-state index in [4.69, 9.17) is 9.05 Å². The van der Waals surface area contributed by atoms with Crippen molar-refractivity contribution in [1.29, 1.82) is 0 Å². The number of benzene rings is 1. The molecule has 1 saturated heterocycles. The maximum atomic E-state index is 13.7. The summed E-state index contributed by atoms with van der Waals surface area (Å²) < 4.78 is 24.3. The number of halogens is 2. The van der Waals surface area contributed by atoms with Gasteiger partial charge in [-0.05, 0) is 25.6 Å². The number of rotatable bonds is 5. The monoisotopic (exact) mass is 408 g/mol. The van der Waals surface area contributed by atoms with Crippen molar-refractivity contribution in [2.45, 2.75) is 25.8 Å². The van der Waals surface area contributed by atoms with Crippen LogP contribution in [0.4, 0.5) is 4.39 Å². The van der Waals surface area contributed by atoms with Crippen molar-refractivity contribution in [3.8, 4) is 11.4 Å². The number of hydrogen-bond acceptors (Lipinski definition) is 8. The van der Waals surface area contributed by atoms with Crippen LogP contribution in [0.25, 0.3) is 11.4 Å². The van der Waals surface area contributed by atoms with Gasteiger partial charge in [0.15, 0.2) is 5.82 Å². The summed E-state index contributed by atoms with van der Waals surface area (Å²) in [7, 11) is 2.05. The molecule has 0 spiro atoms. The Labute approximate surface area is 167 Å². The summed E-state index contributed by atoms with van der Waals surface area (Å²) in [5.74, 6) is 1.73. The number of likely N-dealkylation sites (N-methyl/N-ethyl adjacent to an activating group) is 1. The summed E-state index contributed by atoms with van der Waals surface area (Å²) in [5, 5.41) is 11.4. The van der Waals surface area contributed by atoms with Crippen molar-refractivity contribution in [3.05, 3.63) is 47.2 Å². The van der Waals surface area contributed by atoms with Crippen molar-refractivity contribution in [2.24, 2.45) is 0 Å². The number of piperazine rings is 1. The lowest BCUT2D eigenvalue weighted by Crippen LogP contribution is -2.44. The molecule has 0 aliphatic carbocycles. The summed E-state index contributed by atoms with van der Waals surface area (Å²) in [6.45, 7) is 4.41. The van der Waals surface area contributed by atoms with Crippen LogP contribution in [-0.4, -0.2) is 51.9 Å². The van der Waals surface area contributed by atoms with Gasteiger partial charge >= 0.3 is 0 Å². The van der Waals surface area contributed by atoms with Gasteiger partial charge < -0.3 is 14.4 Å². The summed E-state index contributed by atoms with van der Waals surface area (Å²) in [5.41, 5.74) is 1.16. The van der Waals surface area contributed by atoms with Gasteiger partial charge in [0.25, 0.3) is 0 Å². The van der Waals surface area contributed by atoms with E-state index in [-0.39, 0.29) is 24.3 Å². The molecule has 1 N–H and O–H groups in total. The molecule has 0 amide bonds. The highest BCUT2D eigenvalue weighted by atomic mass is 35.5. The molecule has 1 aliphatic rings. The van der Waals surface area contributed by atoms with Crippen molar-refractivity contribution in [3.63, 3.8) is 0 Å². The Morgan fingerprint density at radius 3 is 2.68 bits per heavy atom. The largest absolute Gasteiger partial charge is 0.339 e. The summed E-state index contributed by atoms with van der Waals surface area (Å²) in [6, 6.07) is 4.98. The Kier molecular flexibility index (Phi) is 6.38. The van der Waals surface area contributed by atoms with Crippen LogP contribution < -0.4 is 5.32 Å². The average molecular weight is 409 g/mol. The predicted octanol–water partition coefficient (Wildman–Crippen LogP) is 2.35. The van der Waals surface area contributed by atoms with Crippen molar-refractivity contribution in [2.75, 3.05) is 26.7 Å². The lowest BCUT2D eigenvalue weighted by molar-refractivity contribution is 0.190. The third-order valence-electron chi connectivity index (χ3n) is 4.74. The molecule has 1 aromatic carbocycles. The molecule has 0 saturated carbocycles. The number of hydrogen-bond donors (Lipinski definition) is 1. The van der Waals surface area contributed by atoms with Gasteiger partial charge in [0, 0.05) is 38.0 Å². The molecule has 1 unspecified atom stereocenters. The minimum Gasteiger partial charge on any atom is -0.339 e. The molecule has 28 heavy (non-hydrogen) atoms. The fraction of sp³-hybridized carbons (Fsp3) is 0.444. The average Bonchev–Trinajstić information content (AvgIpc) is 3.32. The van der Waals surface area contributed by atoms with Gasteiger partial charge in [-0.15, -0.1) is 12.4 Å². The molecule has 0 radical (unpaired) electrons. The lowest BCUT2D eigenvalue weighted by atomic mass is 10.1. The minimum absolute atomic E-state index is 0. The molecule has 1 atom stereocenters. The van der Waals surface area contributed by atoms with Crippen molar-refractivity contribution in [1.82, 2.24) is 30.5 Å². The van der Waals surface area contributed by atoms with E-state index in [1.165, 1.54) is 6.07 Å². The van der Waals surface area contributed by atoms with E-state index in [2.05, 4.69) is 37.5 Å². The van der Waals surface area contributed by atoms with Crippen LogP contribution in [0.5, 0.6) is 0 Å². The summed E-state index contributed by atoms with van der Waals surface area (Å²) in [6.07, 6.45) is 0.975. The van der Waals surface area contributed by atoms with Crippen LogP contribution in [0.15, 0.2) is 27.2 Å². The van der Waals surface area contributed by atoms with Crippen LogP contribution in [0.3, 0.4) is 0 Å². The second-order valence-corrected chi connectivity index (χ2v) is 6.72. The Morgan fingerprint density at radius 1 is 1.18 bits per heavy atom. The van der Waals surface area contributed by atoms with Gasteiger partial charge in [-0.25, -0.2) is 4.39 Å². The SMILES string of the molecule is Cc1ccc(-c2noc(CCc3nc(C4CNCCN4C)no3)n2)cc1F.Cl. The maximum Gasteiger partial charge on any atom is 0.227 e. The molecule has 2 aromatic heterocycles. The number of aryl methyl sites for hydroxylation is 3. The first-order valence-electron chi connectivity index (χ1n) is 8.92. The highest BCUT2D eigenvalue weighted by Gasteiger charge is 2.25. The molecular weight excluding hydrogens is 387 g/mol. The third kappa shape index (κ3) is 4.37. The molecule has 10 heteroatoms. The molecule has 1 fully saturated rings. The van der Waals surface area contributed by atoms with E-state index < -0.39 is 0 Å². The highest BCUT2D eigenvalue weighted by molar-refractivity contribution is 5.85. The fourth-order valence-corrected chi connectivity index (χ4v) is 3.02. The van der Waals surface area contributed by atoms with E-state index in [0.717, 1.165) is 19.6 Å². The first-order valence-corrected chi connectivity index (χ1v) is 8.92. The summed E-state index contributed by atoms with van der Waals surface area (Å²) >= 11 is 0. The number of aromatic nitrogens is 4. The van der Waals surface area contributed by atoms with Crippen LogP contribution in [0.2, 0.25) is 0 Å². The van der Waals surface area contributed by atoms with E-state index in [9.17, 15) is 4.39 Å². The molecule has 150 valence electrons. The Bertz CT molecular complexity index is 930. The quantitative estimate of drug-likeness (QED) is 0.687. The van der Waals surface area contributed by atoms with Gasteiger partial charge in [0.1, 0.15) is 5.82 Å². The zero-order valence-corrected chi connectivity index (χ0v) is 16.5. The molecule has 1 aliphatic heterocycles. The van der Waals surface area contributed by atoms with E-state index in [0.29, 0.717) is 47.4 Å². The molecule has 3 heterocycles. The molecule has 8 nitrogen and oxygen atoms in total. The standard InChI is InChI=1S/C18H21FN6O2.ClH/c1-11-3-4-12(9-13(11)19)17-21-15(26-23-17)5-6-16-22-18(24-27-16)14-10-20-7-8-25(14)2;/h3-4,9,14,20H,5-8,10H2,1-2H3;1H. The van der Waals surface area contributed by atoms with Gasteiger partial charge in [-0.3, -0.25) is 4.90 Å². The molecule has 4 rings (SSSR count). The maximum absolute atomic E-state index is 13.7. The zero-order chi connectivity index (χ0) is 18.8. The predicted molar refractivity (Wildman–Crippen MR) is 102 cm³/mol. The zero-order valence-electron chi connectivity index (χ0n) is 15.7. The Morgan fingerprint density at radius 2 is 1.93 bits per heavy atom.